The molecule has 0 aliphatic carbocycles. The number of likely N-dealkylation sites (tertiary alicyclic amines) is 1. The van der Waals surface area contributed by atoms with E-state index in [9.17, 15) is 14.4 Å². The number of rotatable bonds is 26. The maximum absolute atomic E-state index is 12.5. The predicted molar refractivity (Wildman–Crippen MR) is 190 cm³/mol. The van der Waals surface area contributed by atoms with Crippen molar-refractivity contribution in [1.29, 1.82) is 0 Å². The minimum absolute atomic E-state index is 0.0230. The molecule has 0 unspecified atom stereocenters. The Labute approximate surface area is 298 Å². The fourth-order valence-corrected chi connectivity index (χ4v) is 5.58. The van der Waals surface area contributed by atoms with Crippen molar-refractivity contribution in [3.05, 3.63) is 71.3 Å². The highest BCUT2D eigenvalue weighted by molar-refractivity contribution is 5.80. The van der Waals surface area contributed by atoms with Gasteiger partial charge in [0.05, 0.1) is 59.3 Å². The van der Waals surface area contributed by atoms with Gasteiger partial charge < -0.3 is 33.4 Å². The van der Waals surface area contributed by atoms with Crippen molar-refractivity contribution < 1.29 is 42.9 Å². The van der Waals surface area contributed by atoms with Crippen LogP contribution in [0.4, 0.5) is 0 Å². The smallest absolute Gasteiger partial charge is 0.332 e. The SMILES string of the molecule is CCCOCCOCCOCCOCCOCC(=O)N1CCC(CCC(=O)ONC(=O)Cc2ccc(CCCCc3ccccc3)cc2)CC1. The number of ether oxygens (including phenoxy) is 5. The minimum Gasteiger partial charge on any atom is -0.379 e. The molecule has 278 valence electrons. The first-order valence-corrected chi connectivity index (χ1v) is 18.3. The summed E-state index contributed by atoms with van der Waals surface area (Å²) in [6.45, 7) is 7.99. The van der Waals surface area contributed by atoms with Crippen LogP contribution in [-0.4, -0.2) is 102 Å². The van der Waals surface area contributed by atoms with E-state index in [0.717, 1.165) is 57.1 Å². The van der Waals surface area contributed by atoms with Gasteiger partial charge in [-0.1, -0.05) is 61.5 Å². The van der Waals surface area contributed by atoms with Crippen molar-refractivity contribution in [3.63, 3.8) is 0 Å². The molecule has 11 nitrogen and oxygen atoms in total. The summed E-state index contributed by atoms with van der Waals surface area (Å²) in [5.74, 6) is -0.531. The van der Waals surface area contributed by atoms with E-state index in [1.807, 2.05) is 18.2 Å². The van der Waals surface area contributed by atoms with Gasteiger partial charge in [-0.3, -0.25) is 9.59 Å². The molecule has 50 heavy (non-hydrogen) atoms. The van der Waals surface area contributed by atoms with Gasteiger partial charge in [-0.15, -0.1) is 0 Å². The number of aryl methyl sites for hydroxylation is 2. The zero-order chi connectivity index (χ0) is 35.5. The Kier molecular flexibility index (Phi) is 21.7. The van der Waals surface area contributed by atoms with E-state index in [1.165, 1.54) is 11.1 Å². The van der Waals surface area contributed by atoms with Crippen LogP contribution in [-0.2, 0) is 62.2 Å². The molecule has 0 spiro atoms. The monoisotopic (exact) mass is 698 g/mol. The lowest BCUT2D eigenvalue weighted by Gasteiger charge is -2.31. The second-order valence-corrected chi connectivity index (χ2v) is 12.6. The molecule has 0 atom stereocenters. The summed E-state index contributed by atoms with van der Waals surface area (Å²) in [5, 5.41) is 0. The van der Waals surface area contributed by atoms with Gasteiger partial charge in [0, 0.05) is 26.1 Å². The molecule has 1 aliphatic heterocycles. The maximum atomic E-state index is 12.5. The van der Waals surface area contributed by atoms with E-state index >= 15 is 0 Å². The summed E-state index contributed by atoms with van der Waals surface area (Å²) < 4.78 is 27.2. The van der Waals surface area contributed by atoms with Gasteiger partial charge in [0.1, 0.15) is 6.61 Å². The molecule has 2 aromatic rings. The van der Waals surface area contributed by atoms with Crippen molar-refractivity contribution in [2.24, 2.45) is 5.92 Å². The van der Waals surface area contributed by atoms with E-state index in [1.54, 1.807) is 4.90 Å². The molecule has 2 aromatic carbocycles. The second kappa shape index (κ2) is 26.5. The Hall–Kier alpha value is -3.35. The number of unbranched alkanes of at least 4 members (excludes halogenated alkanes) is 1. The third-order valence-corrected chi connectivity index (χ3v) is 8.48. The summed E-state index contributed by atoms with van der Waals surface area (Å²) in [5.41, 5.74) is 5.77. The number of hydrogen-bond donors (Lipinski definition) is 1. The molecule has 11 heteroatoms. The first-order chi connectivity index (χ1) is 24.5. The molecule has 1 aliphatic rings. The van der Waals surface area contributed by atoms with Gasteiger partial charge in [0.25, 0.3) is 5.91 Å². The normalized spacial score (nSPS) is 13.3. The van der Waals surface area contributed by atoms with E-state index in [4.69, 9.17) is 28.5 Å². The van der Waals surface area contributed by atoms with Gasteiger partial charge >= 0.3 is 5.97 Å². The van der Waals surface area contributed by atoms with Crippen LogP contribution >= 0.6 is 0 Å². The van der Waals surface area contributed by atoms with Crippen molar-refractivity contribution in [2.45, 2.75) is 71.1 Å². The van der Waals surface area contributed by atoms with Crippen molar-refractivity contribution >= 4 is 17.8 Å². The third-order valence-electron chi connectivity index (χ3n) is 8.48. The number of hydrogen-bond acceptors (Lipinski definition) is 9. The van der Waals surface area contributed by atoms with Crippen molar-refractivity contribution in [2.75, 3.05) is 79.2 Å². The van der Waals surface area contributed by atoms with Crippen LogP contribution in [0.2, 0.25) is 0 Å². The van der Waals surface area contributed by atoms with E-state index in [0.29, 0.717) is 78.3 Å². The van der Waals surface area contributed by atoms with Gasteiger partial charge in [-0.2, -0.15) is 5.48 Å². The zero-order valence-corrected chi connectivity index (χ0v) is 30.0. The van der Waals surface area contributed by atoms with Gasteiger partial charge in [0.15, 0.2) is 0 Å². The molecule has 0 bridgehead atoms. The number of benzene rings is 2. The number of piperidine rings is 1. The van der Waals surface area contributed by atoms with Crippen LogP contribution in [0.3, 0.4) is 0 Å². The van der Waals surface area contributed by atoms with Crippen LogP contribution in [0.25, 0.3) is 0 Å². The zero-order valence-electron chi connectivity index (χ0n) is 30.0. The number of nitrogens with zero attached hydrogens (tertiary/aromatic N) is 1. The van der Waals surface area contributed by atoms with Crippen molar-refractivity contribution in [3.8, 4) is 0 Å². The molecule has 1 saturated heterocycles. The number of nitrogens with one attached hydrogen (secondary N) is 1. The molecular weight excluding hydrogens is 640 g/mol. The lowest BCUT2D eigenvalue weighted by molar-refractivity contribution is -0.158. The van der Waals surface area contributed by atoms with Crippen LogP contribution in [0, 0.1) is 5.92 Å². The Morgan fingerprint density at radius 2 is 1.20 bits per heavy atom. The van der Waals surface area contributed by atoms with Gasteiger partial charge in [-0.25, -0.2) is 4.79 Å². The van der Waals surface area contributed by atoms with E-state index in [-0.39, 0.29) is 31.3 Å². The molecule has 0 aromatic heterocycles. The first kappa shape index (κ1) is 41.1. The van der Waals surface area contributed by atoms with E-state index in [2.05, 4.69) is 48.8 Å². The average molecular weight is 699 g/mol. The summed E-state index contributed by atoms with van der Waals surface area (Å²) >= 11 is 0. The quantitative estimate of drug-likeness (QED) is 0.108. The number of carbonyl (C=O) groups is 3. The Balaban J connectivity index is 1.12. The summed E-state index contributed by atoms with van der Waals surface area (Å²) in [6, 6.07) is 18.5. The number of carbonyl (C=O) groups excluding carboxylic acids is 3. The fourth-order valence-electron chi connectivity index (χ4n) is 5.58. The number of amides is 2. The molecule has 1 N–H and O–H groups in total. The van der Waals surface area contributed by atoms with Gasteiger partial charge in [-0.05, 0) is 74.0 Å². The summed E-state index contributed by atoms with van der Waals surface area (Å²) in [4.78, 5) is 43.9. The van der Waals surface area contributed by atoms with Crippen LogP contribution in [0.15, 0.2) is 54.6 Å². The highest BCUT2D eigenvalue weighted by Crippen LogP contribution is 2.22. The largest absolute Gasteiger partial charge is 0.379 e. The lowest BCUT2D eigenvalue weighted by atomic mass is 9.92. The average Bonchev–Trinajstić information content (AvgIpc) is 3.14. The molecular formula is C39H58N2O9. The molecule has 3 rings (SSSR count). The van der Waals surface area contributed by atoms with Crippen molar-refractivity contribution in [1.82, 2.24) is 10.4 Å². The Morgan fingerprint density at radius 1 is 0.680 bits per heavy atom. The maximum Gasteiger partial charge on any atom is 0.332 e. The minimum atomic E-state index is -0.456. The molecule has 0 radical (unpaired) electrons. The van der Waals surface area contributed by atoms with Crippen LogP contribution in [0.1, 0.15) is 68.6 Å². The fraction of sp³-hybridized carbons (Fsp3) is 0.615. The number of hydroxylamine groups is 1. The topological polar surface area (TPSA) is 122 Å². The van der Waals surface area contributed by atoms with Gasteiger partial charge in [0.2, 0.25) is 5.91 Å². The second-order valence-electron chi connectivity index (χ2n) is 12.6. The third kappa shape index (κ3) is 19.2. The Bertz CT molecular complexity index is 1190. The standard InChI is InChI=1S/C39H58N2O9/c1-2-22-45-23-24-46-25-26-47-27-28-48-29-30-49-32-38(43)41-20-18-35(19-21-41)16-17-39(44)50-40-37(42)31-36-14-12-34(13-15-36)11-7-6-10-33-8-4-3-5-9-33/h3-5,8-9,12-15,35H,2,6-7,10-11,16-32H2,1H3,(H,40,42). The predicted octanol–water partition coefficient (Wildman–Crippen LogP) is 4.88. The molecule has 0 saturated carbocycles. The van der Waals surface area contributed by atoms with Crippen LogP contribution in [0.5, 0.6) is 0 Å². The molecule has 2 amide bonds. The summed E-state index contributed by atoms with van der Waals surface area (Å²) in [7, 11) is 0. The molecule has 1 fully saturated rings. The molecule has 1 heterocycles. The highest BCUT2D eigenvalue weighted by Gasteiger charge is 2.23. The Morgan fingerprint density at radius 3 is 1.78 bits per heavy atom. The van der Waals surface area contributed by atoms with Crippen LogP contribution < -0.4 is 5.48 Å². The van der Waals surface area contributed by atoms with E-state index < -0.39 is 5.97 Å². The summed E-state index contributed by atoms with van der Waals surface area (Å²) in [6.07, 6.45) is 7.98. The lowest BCUT2D eigenvalue weighted by Crippen LogP contribution is -2.40. The highest BCUT2D eigenvalue weighted by atomic mass is 16.7. The first-order valence-electron chi connectivity index (χ1n) is 18.3.